The summed E-state index contributed by atoms with van der Waals surface area (Å²) in [5.74, 6) is 0.673. The molecule has 0 saturated heterocycles. The molecule has 1 heteroatoms. The summed E-state index contributed by atoms with van der Waals surface area (Å²) in [6, 6.07) is 16.2. The molecule has 2 aromatic carbocycles. The Kier molecular flexibility index (Phi) is 5.75. The standard InChI is InChI=1S/C29H38N/c1-7-29(8-2)15-13-23(14-16-29)26-19-28(25-18-20(3)17-21(4)22(25)5)30(6)27-12-10-9-11-24(26)27/h9-12,17-19,23H,7-8,13-16H2,1-6H3/q+1. The van der Waals surface area contributed by atoms with Crippen LogP contribution in [0.15, 0.2) is 42.5 Å². The molecule has 158 valence electrons. The molecule has 0 bridgehead atoms. The van der Waals surface area contributed by atoms with Crippen molar-refractivity contribution in [2.75, 3.05) is 0 Å². The number of aryl methyl sites for hydroxylation is 3. The van der Waals surface area contributed by atoms with Crippen molar-refractivity contribution >= 4 is 10.9 Å². The predicted octanol–water partition coefficient (Wildman–Crippen LogP) is 7.72. The van der Waals surface area contributed by atoms with Crippen LogP contribution in [0.2, 0.25) is 0 Å². The Morgan fingerprint density at radius 2 is 1.60 bits per heavy atom. The molecule has 1 saturated carbocycles. The molecule has 1 fully saturated rings. The first-order valence-electron chi connectivity index (χ1n) is 11.9. The summed E-state index contributed by atoms with van der Waals surface area (Å²) < 4.78 is 2.41. The van der Waals surface area contributed by atoms with Crippen LogP contribution in [0, 0.1) is 26.2 Å². The van der Waals surface area contributed by atoms with Gasteiger partial charge in [0.05, 0.1) is 0 Å². The topological polar surface area (TPSA) is 3.88 Å². The zero-order chi connectivity index (χ0) is 21.5. The zero-order valence-electron chi connectivity index (χ0n) is 19.8. The number of fused-ring (bicyclic) bond motifs is 1. The van der Waals surface area contributed by atoms with E-state index in [1.165, 1.54) is 77.4 Å². The number of hydrogen-bond donors (Lipinski definition) is 0. The Labute approximate surface area is 183 Å². The first-order valence-corrected chi connectivity index (χ1v) is 11.9. The first-order chi connectivity index (χ1) is 14.4. The number of aromatic nitrogens is 1. The Hall–Kier alpha value is -2.15. The van der Waals surface area contributed by atoms with Crippen molar-refractivity contribution in [3.05, 3.63) is 64.7 Å². The highest BCUT2D eigenvalue weighted by Gasteiger charge is 2.34. The van der Waals surface area contributed by atoms with Gasteiger partial charge in [-0.2, -0.15) is 4.57 Å². The fourth-order valence-electron chi connectivity index (χ4n) is 5.86. The molecule has 0 N–H and O–H groups in total. The summed E-state index contributed by atoms with van der Waals surface area (Å²) in [5, 5.41) is 1.44. The third-order valence-electron chi connectivity index (χ3n) is 8.30. The summed E-state index contributed by atoms with van der Waals surface area (Å²) in [6.07, 6.45) is 8.05. The highest BCUT2D eigenvalue weighted by molar-refractivity contribution is 5.82. The summed E-state index contributed by atoms with van der Waals surface area (Å²) >= 11 is 0. The monoisotopic (exact) mass is 400 g/mol. The molecule has 0 amide bonds. The Bertz CT molecular complexity index is 1060. The lowest BCUT2D eigenvalue weighted by atomic mass is 9.66. The van der Waals surface area contributed by atoms with Crippen LogP contribution in [0.3, 0.4) is 0 Å². The van der Waals surface area contributed by atoms with E-state index in [1.54, 1.807) is 5.56 Å². The molecule has 0 radical (unpaired) electrons. The summed E-state index contributed by atoms with van der Waals surface area (Å²) in [4.78, 5) is 0. The van der Waals surface area contributed by atoms with Gasteiger partial charge in [-0.3, -0.25) is 0 Å². The Morgan fingerprint density at radius 3 is 2.27 bits per heavy atom. The third-order valence-corrected chi connectivity index (χ3v) is 8.30. The highest BCUT2D eigenvalue weighted by Crippen LogP contribution is 2.48. The minimum absolute atomic E-state index is 0.582. The summed E-state index contributed by atoms with van der Waals surface area (Å²) in [7, 11) is 2.23. The van der Waals surface area contributed by atoms with E-state index >= 15 is 0 Å². The molecule has 1 aliphatic carbocycles. The van der Waals surface area contributed by atoms with Crippen LogP contribution in [-0.4, -0.2) is 0 Å². The van der Waals surface area contributed by atoms with Gasteiger partial charge in [0.2, 0.25) is 11.2 Å². The maximum atomic E-state index is 2.53. The first kappa shape index (κ1) is 21.1. The van der Waals surface area contributed by atoms with Gasteiger partial charge in [0.1, 0.15) is 7.05 Å². The molecule has 0 aliphatic heterocycles. The average Bonchev–Trinajstić information content (AvgIpc) is 2.77. The Balaban J connectivity index is 1.87. The molecule has 1 aromatic heterocycles. The van der Waals surface area contributed by atoms with E-state index in [0.29, 0.717) is 11.3 Å². The van der Waals surface area contributed by atoms with Crippen molar-refractivity contribution in [1.82, 2.24) is 0 Å². The molecular formula is C29H38N+. The molecule has 3 aromatic rings. The molecule has 4 rings (SSSR count). The number of nitrogens with zero attached hydrogens (tertiary/aromatic N) is 1. The van der Waals surface area contributed by atoms with Crippen molar-refractivity contribution in [2.24, 2.45) is 12.5 Å². The lowest BCUT2D eigenvalue weighted by molar-refractivity contribution is -0.633. The maximum absolute atomic E-state index is 2.53. The van der Waals surface area contributed by atoms with Crippen molar-refractivity contribution in [2.45, 2.75) is 79.1 Å². The normalized spacial score (nSPS) is 16.9. The third kappa shape index (κ3) is 3.57. The predicted molar refractivity (Wildman–Crippen MR) is 129 cm³/mol. The quantitative estimate of drug-likeness (QED) is 0.395. The van der Waals surface area contributed by atoms with Gasteiger partial charge in [-0.1, -0.05) is 50.5 Å². The lowest BCUT2D eigenvalue weighted by Gasteiger charge is -2.39. The zero-order valence-corrected chi connectivity index (χ0v) is 19.8. The van der Waals surface area contributed by atoms with E-state index in [-0.39, 0.29) is 0 Å². The van der Waals surface area contributed by atoms with Crippen LogP contribution in [0.5, 0.6) is 0 Å². The largest absolute Gasteiger partial charge is 0.213 e. The van der Waals surface area contributed by atoms with Crippen LogP contribution in [0.1, 0.15) is 80.5 Å². The van der Waals surface area contributed by atoms with Gasteiger partial charge in [-0.25, -0.2) is 0 Å². The van der Waals surface area contributed by atoms with E-state index in [1.807, 2.05) is 0 Å². The number of rotatable bonds is 4. The molecule has 0 spiro atoms. The number of benzene rings is 2. The SMILES string of the molecule is CCC1(CC)CCC(c2cc(-c3cc(C)cc(C)c3C)[n+](C)c3ccccc23)CC1. The van der Waals surface area contributed by atoms with E-state index in [2.05, 4.69) is 88.7 Å². The highest BCUT2D eigenvalue weighted by atomic mass is 14.9. The van der Waals surface area contributed by atoms with E-state index in [0.717, 1.165) is 0 Å². The molecule has 1 nitrogen and oxygen atoms in total. The lowest BCUT2D eigenvalue weighted by Crippen LogP contribution is -2.33. The van der Waals surface area contributed by atoms with Crippen LogP contribution >= 0.6 is 0 Å². The minimum Gasteiger partial charge on any atom is -0.194 e. The second-order valence-corrected chi connectivity index (χ2v) is 9.80. The smallest absolute Gasteiger partial charge is 0.194 e. The van der Waals surface area contributed by atoms with Crippen molar-refractivity contribution in [1.29, 1.82) is 0 Å². The van der Waals surface area contributed by atoms with Gasteiger partial charge in [0, 0.05) is 23.1 Å². The number of hydrogen-bond acceptors (Lipinski definition) is 0. The van der Waals surface area contributed by atoms with Crippen LogP contribution in [-0.2, 0) is 7.05 Å². The van der Waals surface area contributed by atoms with Crippen molar-refractivity contribution < 1.29 is 4.57 Å². The van der Waals surface area contributed by atoms with E-state index in [9.17, 15) is 0 Å². The van der Waals surface area contributed by atoms with Crippen LogP contribution < -0.4 is 4.57 Å². The molecular weight excluding hydrogens is 362 g/mol. The van der Waals surface area contributed by atoms with Crippen LogP contribution in [0.25, 0.3) is 22.2 Å². The number of para-hydroxylation sites is 1. The summed E-state index contributed by atoms with van der Waals surface area (Å²) in [5.41, 5.74) is 10.4. The fourth-order valence-corrected chi connectivity index (χ4v) is 5.86. The second kappa shape index (κ2) is 8.17. The average molecular weight is 401 g/mol. The van der Waals surface area contributed by atoms with Gasteiger partial charge >= 0.3 is 0 Å². The fraction of sp³-hybridized carbons (Fsp3) is 0.483. The summed E-state index contributed by atoms with van der Waals surface area (Å²) in [6.45, 7) is 11.5. The molecule has 0 unspecified atom stereocenters. The van der Waals surface area contributed by atoms with Gasteiger partial charge in [0.15, 0.2) is 0 Å². The van der Waals surface area contributed by atoms with Crippen molar-refractivity contribution in [3.63, 3.8) is 0 Å². The van der Waals surface area contributed by atoms with Gasteiger partial charge in [0.25, 0.3) is 0 Å². The van der Waals surface area contributed by atoms with Gasteiger partial charge < -0.3 is 0 Å². The van der Waals surface area contributed by atoms with E-state index < -0.39 is 0 Å². The van der Waals surface area contributed by atoms with E-state index in [4.69, 9.17) is 0 Å². The Morgan fingerprint density at radius 1 is 0.933 bits per heavy atom. The minimum atomic E-state index is 0.582. The number of pyridine rings is 1. The maximum Gasteiger partial charge on any atom is 0.213 e. The molecule has 0 atom stereocenters. The van der Waals surface area contributed by atoms with Gasteiger partial charge in [-0.15, -0.1) is 0 Å². The molecule has 30 heavy (non-hydrogen) atoms. The van der Waals surface area contributed by atoms with Crippen molar-refractivity contribution in [3.8, 4) is 11.3 Å². The van der Waals surface area contributed by atoms with Gasteiger partial charge in [-0.05, 0) is 86.6 Å². The molecule has 1 aliphatic rings. The van der Waals surface area contributed by atoms with Crippen LogP contribution in [0.4, 0.5) is 0 Å². The second-order valence-electron chi connectivity index (χ2n) is 9.80. The molecule has 1 heterocycles.